The average molecular weight is 283 g/mol. The minimum Gasteiger partial charge on any atom is -0.497 e. The first kappa shape index (κ1) is 14.6. The standard InChI is InChI=1S/C15H23ClN2O/c1-11-8-13(19-2)9-12(18-11)10-17-15-7-5-3-4-6-14(15)16/h8-9,14-15,17H,3-7,10H2,1-2H3. The third-order valence-electron chi connectivity index (χ3n) is 3.69. The van der Waals surface area contributed by atoms with Gasteiger partial charge in [0.2, 0.25) is 0 Å². The summed E-state index contributed by atoms with van der Waals surface area (Å²) in [7, 11) is 1.69. The molecular weight excluding hydrogens is 260 g/mol. The van der Waals surface area contributed by atoms with E-state index in [2.05, 4.69) is 10.3 Å². The molecule has 4 heteroatoms. The Hall–Kier alpha value is -0.800. The third kappa shape index (κ3) is 4.36. The maximum absolute atomic E-state index is 6.44. The van der Waals surface area contributed by atoms with Gasteiger partial charge in [-0.3, -0.25) is 4.98 Å². The lowest BCUT2D eigenvalue weighted by atomic mass is 10.1. The second-order valence-electron chi connectivity index (χ2n) is 5.28. The Morgan fingerprint density at radius 2 is 2.11 bits per heavy atom. The number of aromatic nitrogens is 1. The molecule has 0 bridgehead atoms. The molecule has 1 saturated carbocycles. The molecule has 1 fully saturated rings. The Kier molecular flexibility index (Phi) is 5.46. The van der Waals surface area contributed by atoms with Crippen LogP contribution in [-0.4, -0.2) is 23.5 Å². The maximum Gasteiger partial charge on any atom is 0.122 e. The van der Waals surface area contributed by atoms with Crippen LogP contribution in [0.25, 0.3) is 0 Å². The number of nitrogens with one attached hydrogen (secondary N) is 1. The lowest BCUT2D eigenvalue weighted by molar-refractivity contribution is 0.411. The van der Waals surface area contributed by atoms with Gasteiger partial charge in [0.15, 0.2) is 0 Å². The fourth-order valence-electron chi connectivity index (χ4n) is 2.64. The molecule has 0 spiro atoms. The smallest absolute Gasteiger partial charge is 0.122 e. The van der Waals surface area contributed by atoms with Crippen LogP contribution in [0.2, 0.25) is 0 Å². The molecule has 0 aliphatic heterocycles. The van der Waals surface area contributed by atoms with E-state index >= 15 is 0 Å². The number of aryl methyl sites for hydroxylation is 1. The molecule has 0 amide bonds. The van der Waals surface area contributed by atoms with Gasteiger partial charge in [0.25, 0.3) is 0 Å². The molecule has 1 aromatic heterocycles. The van der Waals surface area contributed by atoms with Crippen molar-refractivity contribution in [3.05, 3.63) is 23.5 Å². The quantitative estimate of drug-likeness (QED) is 0.679. The highest BCUT2D eigenvalue weighted by Crippen LogP contribution is 2.22. The van der Waals surface area contributed by atoms with Gasteiger partial charge in [0, 0.05) is 35.8 Å². The lowest BCUT2D eigenvalue weighted by Gasteiger charge is -2.21. The molecule has 2 rings (SSSR count). The average Bonchev–Trinajstić information content (AvgIpc) is 2.60. The number of rotatable bonds is 4. The number of hydrogen-bond acceptors (Lipinski definition) is 3. The number of pyridine rings is 1. The Morgan fingerprint density at radius 1 is 1.32 bits per heavy atom. The van der Waals surface area contributed by atoms with Gasteiger partial charge in [0.1, 0.15) is 5.75 Å². The number of methoxy groups -OCH3 is 1. The SMILES string of the molecule is COc1cc(C)nc(CNC2CCCCCC2Cl)c1. The van der Waals surface area contributed by atoms with E-state index < -0.39 is 0 Å². The van der Waals surface area contributed by atoms with E-state index in [1.807, 2.05) is 19.1 Å². The third-order valence-corrected chi connectivity index (χ3v) is 4.22. The van der Waals surface area contributed by atoms with Gasteiger partial charge in [-0.05, 0) is 19.8 Å². The van der Waals surface area contributed by atoms with Gasteiger partial charge in [-0.25, -0.2) is 0 Å². The van der Waals surface area contributed by atoms with Gasteiger partial charge in [0.05, 0.1) is 12.8 Å². The number of hydrogen-bond donors (Lipinski definition) is 1. The summed E-state index contributed by atoms with van der Waals surface area (Å²) in [5, 5.41) is 3.80. The van der Waals surface area contributed by atoms with E-state index in [4.69, 9.17) is 16.3 Å². The maximum atomic E-state index is 6.44. The molecule has 2 unspecified atom stereocenters. The van der Waals surface area contributed by atoms with Gasteiger partial charge in [-0.2, -0.15) is 0 Å². The van der Waals surface area contributed by atoms with Crippen molar-refractivity contribution in [1.82, 2.24) is 10.3 Å². The minimum atomic E-state index is 0.245. The summed E-state index contributed by atoms with van der Waals surface area (Å²) in [4.78, 5) is 4.53. The van der Waals surface area contributed by atoms with Crippen LogP contribution in [0.1, 0.15) is 43.5 Å². The van der Waals surface area contributed by atoms with Crippen molar-refractivity contribution in [1.29, 1.82) is 0 Å². The normalized spacial score (nSPS) is 23.9. The Morgan fingerprint density at radius 3 is 2.89 bits per heavy atom. The number of ether oxygens (including phenoxy) is 1. The fourth-order valence-corrected chi connectivity index (χ4v) is 3.01. The molecular formula is C15H23ClN2O. The summed E-state index contributed by atoms with van der Waals surface area (Å²) in [6.07, 6.45) is 6.10. The molecule has 0 aromatic carbocycles. The van der Waals surface area contributed by atoms with Crippen LogP contribution in [0.15, 0.2) is 12.1 Å². The molecule has 106 valence electrons. The van der Waals surface area contributed by atoms with Gasteiger partial charge >= 0.3 is 0 Å². The van der Waals surface area contributed by atoms with E-state index in [1.165, 1.54) is 19.3 Å². The molecule has 0 radical (unpaired) electrons. The number of alkyl halides is 1. The summed E-state index contributed by atoms with van der Waals surface area (Å²) in [5.74, 6) is 0.868. The molecule has 0 saturated heterocycles. The summed E-state index contributed by atoms with van der Waals surface area (Å²) in [5.41, 5.74) is 2.00. The molecule has 1 heterocycles. The zero-order valence-electron chi connectivity index (χ0n) is 11.8. The highest BCUT2D eigenvalue weighted by Gasteiger charge is 2.21. The number of nitrogens with zero attached hydrogens (tertiary/aromatic N) is 1. The summed E-state index contributed by atoms with van der Waals surface area (Å²) in [6.45, 7) is 2.74. The van der Waals surface area contributed by atoms with Crippen LogP contribution in [0.4, 0.5) is 0 Å². The van der Waals surface area contributed by atoms with Gasteiger partial charge < -0.3 is 10.1 Å². The molecule has 19 heavy (non-hydrogen) atoms. The number of halogens is 1. The van der Waals surface area contributed by atoms with Crippen molar-refractivity contribution in [3.63, 3.8) is 0 Å². The van der Waals surface area contributed by atoms with E-state index in [0.717, 1.165) is 36.5 Å². The largest absolute Gasteiger partial charge is 0.497 e. The predicted molar refractivity (Wildman–Crippen MR) is 78.9 cm³/mol. The second-order valence-corrected chi connectivity index (χ2v) is 5.84. The van der Waals surface area contributed by atoms with Crippen molar-refractivity contribution in [3.8, 4) is 5.75 Å². The first-order valence-electron chi connectivity index (χ1n) is 7.08. The van der Waals surface area contributed by atoms with Crippen molar-refractivity contribution in [2.24, 2.45) is 0 Å². The fraction of sp³-hybridized carbons (Fsp3) is 0.667. The topological polar surface area (TPSA) is 34.1 Å². The molecule has 2 atom stereocenters. The van der Waals surface area contributed by atoms with Crippen molar-refractivity contribution >= 4 is 11.6 Å². The first-order chi connectivity index (χ1) is 9.19. The molecule has 3 nitrogen and oxygen atoms in total. The van der Waals surface area contributed by atoms with Crippen LogP contribution >= 0.6 is 11.6 Å². The van der Waals surface area contributed by atoms with Crippen LogP contribution in [0.5, 0.6) is 5.75 Å². The van der Waals surface area contributed by atoms with Crippen molar-refractivity contribution in [2.75, 3.05) is 7.11 Å². The molecule has 1 N–H and O–H groups in total. The highest BCUT2D eigenvalue weighted by atomic mass is 35.5. The Bertz CT molecular complexity index is 411. The first-order valence-corrected chi connectivity index (χ1v) is 7.51. The molecule has 1 aliphatic rings. The Labute approximate surface area is 120 Å². The van der Waals surface area contributed by atoms with Crippen LogP contribution < -0.4 is 10.1 Å². The molecule has 1 aromatic rings. The van der Waals surface area contributed by atoms with E-state index in [9.17, 15) is 0 Å². The molecule has 1 aliphatic carbocycles. The zero-order chi connectivity index (χ0) is 13.7. The van der Waals surface area contributed by atoms with Crippen LogP contribution in [-0.2, 0) is 6.54 Å². The summed E-state index contributed by atoms with van der Waals surface area (Å²) in [6, 6.07) is 4.33. The summed E-state index contributed by atoms with van der Waals surface area (Å²) >= 11 is 6.44. The lowest BCUT2D eigenvalue weighted by Crippen LogP contribution is -2.36. The summed E-state index contributed by atoms with van der Waals surface area (Å²) < 4.78 is 5.27. The van der Waals surface area contributed by atoms with Crippen molar-refractivity contribution < 1.29 is 4.74 Å². The highest BCUT2D eigenvalue weighted by molar-refractivity contribution is 6.21. The predicted octanol–water partition coefficient (Wildman–Crippen LogP) is 3.43. The van der Waals surface area contributed by atoms with Gasteiger partial charge in [-0.1, -0.05) is 19.3 Å². The zero-order valence-corrected chi connectivity index (χ0v) is 12.5. The monoisotopic (exact) mass is 282 g/mol. The van der Waals surface area contributed by atoms with Crippen molar-refractivity contribution in [2.45, 2.75) is 57.0 Å². The van der Waals surface area contributed by atoms with Gasteiger partial charge in [-0.15, -0.1) is 11.6 Å². The minimum absolute atomic E-state index is 0.245. The Balaban J connectivity index is 1.95. The van der Waals surface area contributed by atoms with E-state index in [1.54, 1.807) is 7.11 Å². The van der Waals surface area contributed by atoms with Crippen LogP contribution in [0.3, 0.4) is 0 Å². The second kappa shape index (κ2) is 7.11. The van der Waals surface area contributed by atoms with Crippen LogP contribution in [0, 0.1) is 6.92 Å². The van der Waals surface area contributed by atoms with E-state index in [-0.39, 0.29) is 5.38 Å². The van der Waals surface area contributed by atoms with E-state index in [0.29, 0.717) is 6.04 Å².